The maximum Gasteiger partial charge on any atom is 0.239 e. The molecule has 6 nitrogen and oxygen atoms in total. The molecule has 4 rings (SSSR count). The van der Waals surface area contributed by atoms with Gasteiger partial charge < -0.3 is 9.64 Å². The largest absolute Gasteiger partial charge is 0.495 e. The van der Waals surface area contributed by atoms with Gasteiger partial charge in [0.25, 0.3) is 0 Å². The van der Waals surface area contributed by atoms with E-state index in [0.717, 1.165) is 45.0 Å². The first-order valence-corrected chi connectivity index (χ1v) is 12.3. The molecule has 2 aromatic heterocycles. The van der Waals surface area contributed by atoms with E-state index in [-0.39, 0.29) is 0 Å². The summed E-state index contributed by atoms with van der Waals surface area (Å²) in [5, 5.41) is 11.7. The van der Waals surface area contributed by atoms with Crippen molar-refractivity contribution in [2.75, 3.05) is 36.6 Å². The minimum atomic E-state index is 0.656. The van der Waals surface area contributed by atoms with Crippen molar-refractivity contribution in [3.05, 3.63) is 70.6 Å². The van der Waals surface area contributed by atoms with Crippen LogP contribution in [0.5, 0.6) is 5.75 Å². The van der Waals surface area contributed by atoms with Crippen molar-refractivity contribution in [3.63, 3.8) is 0 Å². The summed E-state index contributed by atoms with van der Waals surface area (Å²) in [6.07, 6.45) is 0.917. The second kappa shape index (κ2) is 10.3. The fourth-order valence-corrected chi connectivity index (χ4v) is 4.74. The molecule has 0 saturated carbocycles. The maximum atomic E-state index is 5.98. The predicted molar refractivity (Wildman–Crippen MR) is 137 cm³/mol. The average Bonchev–Trinajstić information content (AvgIpc) is 3.47. The van der Waals surface area contributed by atoms with Crippen LogP contribution in [0.1, 0.15) is 5.56 Å². The normalized spacial score (nSPS) is 10.9. The summed E-state index contributed by atoms with van der Waals surface area (Å²) in [5.74, 6) is 3.05. The summed E-state index contributed by atoms with van der Waals surface area (Å²) in [5.41, 5.74) is 3.19. The van der Waals surface area contributed by atoms with Crippen LogP contribution in [-0.2, 0) is 6.42 Å². The molecule has 0 aliphatic heterocycles. The molecule has 2 aromatic carbocycles. The molecule has 0 fully saturated rings. The maximum absolute atomic E-state index is 5.98. The van der Waals surface area contributed by atoms with Gasteiger partial charge in [0.05, 0.1) is 17.7 Å². The second-order valence-corrected chi connectivity index (χ2v) is 9.52. The summed E-state index contributed by atoms with van der Waals surface area (Å²) in [6, 6.07) is 18.1. The molecule has 0 amide bonds. The van der Waals surface area contributed by atoms with Gasteiger partial charge in [-0.15, -0.1) is 21.5 Å². The lowest BCUT2D eigenvalue weighted by atomic mass is 10.2. The Morgan fingerprint density at radius 2 is 1.94 bits per heavy atom. The highest BCUT2D eigenvalue weighted by atomic mass is 35.5. The second-order valence-electron chi connectivity index (χ2n) is 7.24. The van der Waals surface area contributed by atoms with Gasteiger partial charge in [-0.2, -0.15) is 0 Å². The van der Waals surface area contributed by atoms with Crippen LogP contribution in [0, 0.1) is 0 Å². The summed E-state index contributed by atoms with van der Waals surface area (Å²) >= 11 is 9.20. The number of methoxy groups -OCH3 is 1. The van der Waals surface area contributed by atoms with Crippen molar-refractivity contribution in [1.82, 2.24) is 14.8 Å². The Labute approximate surface area is 201 Å². The molecule has 0 unspecified atom stereocenters. The van der Waals surface area contributed by atoms with Crippen molar-refractivity contribution >= 4 is 46.5 Å². The molecular weight excluding hydrogens is 462 g/mol. The molecule has 1 N–H and O–H groups in total. The van der Waals surface area contributed by atoms with Gasteiger partial charge in [-0.05, 0) is 65.7 Å². The third kappa shape index (κ3) is 5.03. The van der Waals surface area contributed by atoms with E-state index in [1.54, 1.807) is 30.4 Å². The van der Waals surface area contributed by atoms with Crippen LogP contribution < -0.4 is 14.4 Å². The van der Waals surface area contributed by atoms with Gasteiger partial charge in [0.2, 0.25) is 5.95 Å². The zero-order valence-corrected chi connectivity index (χ0v) is 20.5. The first kappa shape index (κ1) is 22.5. The van der Waals surface area contributed by atoms with E-state index in [0.29, 0.717) is 5.95 Å². The summed E-state index contributed by atoms with van der Waals surface area (Å²) in [4.78, 5) is 3.10. The number of hydrogen-bond acceptors (Lipinski definition) is 7. The highest BCUT2D eigenvalue weighted by molar-refractivity contribution is 8.00. The third-order valence-electron chi connectivity index (χ3n) is 4.89. The number of hydrogen-bond donors (Lipinski definition) is 1. The van der Waals surface area contributed by atoms with E-state index >= 15 is 0 Å². The van der Waals surface area contributed by atoms with Gasteiger partial charge >= 0.3 is 0 Å². The van der Waals surface area contributed by atoms with Crippen LogP contribution in [0.2, 0.25) is 5.02 Å². The number of anilines is 2. The Hall–Kier alpha value is -2.68. The van der Waals surface area contributed by atoms with E-state index in [4.69, 9.17) is 16.3 Å². The molecular formula is C23H24ClN5OS2. The fourth-order valence-electron chi connectivity index (χ4n) is 3.21. The van der Waals surface area contributed by atoms with Gasteiger partial charge in [0, 0.05) is 30.6 Å². The lowest BCUT2D eigenvalue weighted by molar-refractivity contribution is 0.413. The van der Waals surface area contributed by atoms with Crippen LogP contribution in [-0.4, -0.2) is 41.7 Å². The Balaban J connectivity index is 1.63. The monoisotopic (exact) mass is 485 g/mol. The fraction of sp³-hybridized carbons (Fsp3) is 0.217. The quantitative estimate of drug-likeness (QED) is 0.231. The number of thiophene rings is 1. The van der Waals surface area contributed by atoms with Gasteiger partial charge in [0.15, 0.2) is 5.82 Å². The molecule has 0 atom stereocenters. The Kier molecular flexibility index (Phi) is 7.24. The lowest BCUT2D eigenvalue weighted by Crippen LogP contribution is -2.10. The number of nitrogens with zero attached hydrogens (tertiary/aromatic N) is 4. The zero-order valence-electron chi connectivity index (χ0n) is 18.1. The van der Waals surface area contributed by atoms with Crippen molar-refractivity contribution in [3.8, 4) is 22.1 Å². The number of aromatic nitrogens is 3. The van der Waals surface area contributed by atoms with Gasteiger partial charge in [-0.25, -0.2) is 0 Å². The number of aryl methyl sites for hydroxylation is 1. The predicted octanol–water partition coefficient (Wildman–Crippen LogP) is 6.03. The van der Waals surface area contributed by atoms with Crippen LogP contribution in [0.25, 0.3) is 16.4 Å². The van der Waals surface area contributed by atoms with E-state index in [9.17, 15) is 0 Å². The highest BCUT2D eigenvalue weighted by Gasteiger charge is 2.20. The highest BCUT2D eigenvalue weighted by Crippen LogP contribution is 2.35. The SMILES string of the molecule is COc1ccc(N(C)C)cc1-n1c(NSCCc2ccc(Cl)cc2)nnc1-c1cccs1. The van der Waals surface area contributed by atoms with Crippen LogP contribution in [0.15, 0.2) is 60.0 Å². The standard InChI is InChI=1S/C23H24ClN5OS2/c1-28(2)18-10-11-20(30-3)19(15-18)29-22(21-5-4-13-31-21)25-26-23(29)27-32-14-12-16-6-8-17(24)9-7-16/h4-11,13,15H,12,14H2,1-3H3,(H,26,27). The topological polar surface area (TPSA) is 55.2 Å². The van der Waals surface area contributed by atoms with E-state index < -0.39 is 0 Å². The van der Waals surface area contributed by atoms with Gasteiger partial charge in [-0.1, -0.05) is 29.8 Å². The molecule has 0 bridgehead atoms. The van der Waals surface area contributed by atoms with Crippen molar-refractivity contribution in [2.45, 2.75) is 6.42 Å². The Morgan fingerprint density at radius 1 is 1.12 bits per heavy atom. The molecule has 32 heavy (non-hydrogen) atoms. The molecule has 0 saturated heterocycles. The molecule has 0 radical (unpaired) electrons. The minimum Gasteiger partial charge on any atom is -0.495 e. The van der Waals surface area contributed by atoms with Gasteiger partial charge in [0.1, 0.15) is 5.75 Å². The van der Waals surface area contributed by atoms with Crippen LogP contribution in [0.3, 0.4) is 0 Å². The van der Waals surface area contributed by atoms with Crippen LogP contribution in [0.4, 0.5) is 11.6 Å². The minimum absolute atomic E-state index is 0.656. The molecule has 4 aromatic rings. The third-order valence-corrected chi connectivity index (χ3v) is 6.75. The summed E-state index contributed by atoms with van der Waals surface area (Å²) in [6.45, 7) is 0. The zero-order chi connectivity index (χ0) is 22.5. The van der Waals surface area contributed by atoms with Crippen molar-refractivity contribution in [2.24, 2.45) is 0 Å². The van der Waals surface area contributed by atoms with Crippen molar-refractivity contribution in [1.29, 1.82) is 0 Å². The van der Waals surface area contributed by atoms with Crippen molar-refractivity contribution < 1.29 is 4.74 Å². The first-order chi connectivity index (χ1) is 15.6. The number of nitrogens with one attached hydrogen (secondary N) is 1. The van der Waals surface area contributed by atoms with E-state index in [1.807, 2.05) is 60.4 Å². The number of benzene rings is 2. The molecule has 0 spiro atoms. The smallest absolute Gasteiger partial charge is 0.239 e. The van der Waals surface area contributed by atoms with Gasteiger partial charge in [-0.3, -0.25) is 9.29 Å². The summed E-state index contributed by atoms with van der Waals surface area (Å²) in [7, 11) is 5.71. The Morgan fingerprint density at radius 3 is 2.62 bits per heavy atom. The van der Waals surface area contributed by atoms with Crippen LogP contribution >= 0.6 is 34.9 Å². The average molecular weight is 486 g/mol. The molecule has 0 aliphatic carbocycles. The molecule has 2 heterocycles. The first-order valence-electron chi connectivity index (χ1n) is 10.0. The molecule has 9 heteroatoms. The lowest BCUT2D eigenvalue weighted by Gasteiger charge is -2.18. The Bertz CT molecular complexity index is 1160. The number of ether oxygens (including phenoxy) is 1. The summed E-state index contributed by atoms with van der Waals surface area (Å²) < 4.78 is 11.1. The number of halogens is 1. The van der Waals surface area contributed by atoms with E-state index in [1.165, 1.54) is 5.56 Å². The number of rotatable bonds is 9. The van der Waals surface area contributed by atoms with E-state index in [2.05, 4.69) is 38.0 Å². The molecule has 166 valence electrons. The molecule has 0 aliphatic rings.